The minimum absolute atomic E-state index is 0.0324. The Morgan fingerprint density at radius 1 is 1.78 bits per heavy atom. The van der Waals surface area contributed by atoms with E-state index in [4.69, 9.17) is 16.1 Å². The molecule has 0 aromatic heterocycles. The monoisotopic (exact) mass is 123 g/mol. The van der Waals surface area contributed by atoms with Crippen LogP contribution in [-0.4, -0.2) is 17.5 Å². The Morgan fingerprint density at radius 3 is 2.67 bits per heavy atom. The van der Waals surface area contributed by atoms with Gasteiger partial charge in [-0.15, -0.1) is 0 Å². The number of nitrogens with zero attached hydrogens (tertiary/aromatic N) is 2. The van der Waals surface area contributed by atoms with E-state index in [0.29, 0.717) is 0 Å². The zero-order chi connectivity index (χ0) is 6.85. The number of aliphatic imine (C=N–C) groups is 1. The summed E-state index contributed by atoms with van der Waals surface area (Å²) in [6.07, 6.45) is 0. The molecule has 0 fully saturated rings. The lowest BCUT2D eigenvalue weighted by Crippen LogP contribution is -2.10. The summed E-state index contributed by atoms with van der Waals surface area (Å²) in [7, 11) is 0. The molecule has 4 nitrogen and oxygen atoms in total. The molecule has 1 aliphatic rings. The van der Waals surface area contributed by atoms with Gasteiger partial charge in [0.25, 0.3) is 0 Å². The molecule has 1 rings (SSSR count). The summed E-state index contributed by atoms with van der Waals surface area (Å²) in [6.45, 7) is 0.148. The van der Waals surface area contributed by atoms with E-state index in [-0.39, 0.29) is 23.7 Å². The quantitative estimate of drug-likeness (QED) is 0.463. The standard InChI is InChI=1S/C5H5N3O/c6-1-3-4(9)2-8-5(3)7/h9H,2H2,(H2,7,8). The normalized spacial score (nSPS) is 17.4. The summed E-state index contributed by atoms with van der Waals surface area (Å²) < 4.78 is 0. The van der Waals surface area contributed by atoms with Gasteiger partial charge in [-0.05, 0) is 0 Å². The highest BCUT2D eigenvalue weighted by atomic mass is 16.3. The molecule has 1 aliphatic heterocycles. The molecular weight excluding hydrogens is 118 g/mol. The molecule has 0 aromatic rings. The Bertz CT molecular complexity index is 233. The van der Waals surface area contributed by atoms with Crippen molar-refractivity contribution in [2.45, 2.75) is 0 Å². The maximum Gasteiger partial charge on any atom is 0.140 e. The number of amidine groups is 1. The third-order valence-electron chi connectivity index (χ3n) is 1.06. The molecule has 0 aromatic carbocycles. The van der Waals surface area contributed by atoms with Gasteiger partial charge in [0.2, 0.25) is 0 Å². The number of aliphatic hydroxyl groups is 1. The molecule has 0 amide bonds. The van der Waals surface area contributed by atoms with Crippen LogP contribution in [0.1, 0.15) is 0 Å². The van der Waals surface area contributed by atoms with E-state index in [1.807, 2.05) is 0 Å². The van der Waals surface area contributed by atoms with Gasteiger partial charge in [-0.3, -0.25) is 4.99 Å². The Balaban J connectivity index is 3.01. The molecule has 0 radical (unpaired) electrons. The van der Waals surface area contributed by atoms with Crippen LogP contribution in [0.15, 0.2) is 16.3 Å². The van der Waals surface area contributed by atoms with Gasteiger partial charge < -0.3 is 10.8 Å². The third kappa shape index (κ3) is 0.722. The molecular formula is C5H5N3O. The lowest BCUT2D eigenvalue weighted by atomic mass is 10.3. The molecule has 4 heteroatoms. The second-order valence-corrected chi connectivity index (χ2v) is 1.63. The summed E-state index contributed by atoms with van der Waals surface area (Å²) in [5, 5.41) is 17.1. The van der Waals surface area contributed by atoms with E-state index < -0.39 is 0 Å². The molecule has 0 saturated carbocycles. The van der Waals surface area contributed by atoms with E-state index in [0.717, 1.165) is 0 Å². The Morgan fingerprint density at radius 2 is 2.44 bits per heavy atom. The van der Waals surface area contributed by atoms with Gasteiger partial charge in [0, 0.05) is 0 Å². The molecule has 0 saturated heterocycles. The van der Waals surface area contributed by atoms with Gasteiger partial charge in [0.15, 0.2) is 0 Å². The average Bonchev–Trinajstić information content (AvgIpc) is 2.12. The lowest BCUT2D eigenvalue weighted by molar-refractivity contribution is 0.406. The highest BCUT2D eigenvalue weighted by Gasteiger charge is 2.14. The first-order valence-corrected chi connectivity index (χ1v) is 2.38. The van der Waals surface area contributed by atoms with Crippen LogP contribution in [-0.2, 0) is 0 Å². The number of nitrogens with two attached hydrogens (primary N) is 1. The largest absolute Gasteiger partial charge is 0.509 e. The summed E-state index contributed by atoms with van der Waals surface area (Å²) in [6, 6.07) is 1.74. The van der Waals surface area contributed by atoms with Crippen LogP contribution in [0.5, 0.6) is 0 Å². The number of rotatable bonds is 0. The zero-order valence-corrected chi connectivity index (χ0v) is 4.63. The molecule has 3 N–H and O–H groups in total. The van der Waals surface area contributed by atoms with Crippen molar-refractivity contribution in [3.8, 4) is 6.07 Å². The zero-order valence-electron chi connectivity index (χ0n) is 4.63. The topological polar surface area (TPSA) is 82.4 Å². The van der Waals surface area contributed by atoms with Crippen LogP contribution < -0.4 is 5.73 Å². The summed E-state index contributed by atoms with van der Waals surface area (Å²) in [4.78, 5) is 3.62. The molecule has 46 valence electrons. The minimum atomic E-state index is -0.0324. The number of hydrogen-bond acceptors (Lipinski definition) is 4. The van der Waals surface area contributed by atoms with Crippen molar-refractivity contribution in [2.24, 2.45) is 10.7 Å². The first-order valence-electron chi connectivity index (χ1n) is 2.38. The van der Waals surface area contributed by atoms with Crippen LogP contribution in [0.4, 0.5) is 0 Å². The fourth-order valence-electron chi connectivity index (χ4n) is 0.588. The van der Waals surface area contributed by atoms with Crippen molar-refractivity contribution in [2.75, 3.05) is 6.54 Å². The molecule has 0 unspecified atom stereocenters. The van der Waals surface area contributed by atoms with Crippen LogP contribution in [0.3, 0.4) is 0 Å². The lowest BCUT2D eigenvalue weighted by Gasteiger charge is -1.86. The van der Waals surface area contributed by atoms with Crippen LogP contribution in [0, 0.1) is 11.3 Å². The maximum absolute atomic E-state index is 8.82. The number of nitriles is 1. The number of hydrogen-bond donors (Lipinski definition) is 2. The Labute approximate surface area is 51.9 Å². The van der Waals surface area contributed by atoms with Gasteiger partial charge in [0.05, 0.1) is 6.54 Å². The van der Waals surface area contributed by atoms with Gasteiger partial charge in [-0.2, -0.15) is 5.26 Å². The highest BCUT2D eigenvalue weighted by Crippen LogP contribution is 2.07. The van der Waals surface area contributed by atoms with Crippen LogP contribution in [0.2, 0.25) is 0 Å². The minimum Gasteiger partial charge on any atom is -0.509 e. The van der Waals surface area contributed by atoms with E-state index in [1.165, 1.54) is 0 Å². The fraction of sp³-hybridized carbons (Fsp3) is 0.200. The molecule has 1 heterocycles. The fourth-order valence-corrected chi connectivity index (χ4v) is 0.588. The van der Waals surface area contributed by atoms with E-state index in [1.54, 1.807) is 6.07 Å². The second kappa shape index (κ2) is 1.78. The predicted molar refractivity (Wildman–Crippen MR) is 31.8 cm³/mol. The SMILES string of the molecule is N#CC1=C(O)CN=C1N. The van der Waals surface area contributed by atoms with Crippen molar-refractivity contribution in [3.05, 3.63) is 11.3 Å². The van der Waals surface area contributed by atoms with Crippen molar-refractivity contribution in [1.82, 2.24) is 0 Å². The molecule has 0 spiro atoms. The number of aliphatic hydroxyl groups excluding tert-OH is 1. The van der Waals surface area contributed by atoms with E-state index >= 15 is 0 Å². The van der Waals surface area contributed by atoms with Gasteiger partial charge in [0.1, 0.15) is 23.2 Å². The third-order valence-corrected chi connectivity index (χ3v) is 1.06. The highest BCUT2D eigenvalue weighted by molar-refractivity contribution is 6.02. The van der Waals surface area contributed by atoms with Crippen molar-refractivity contribution in [3.63, 3.8) is 0 Å². The predicted octanol–water partition coefficient (Wildman–Crippen LogP) is -0.307. The van der Waals surface area contributed by atoms with Gasteiger partial charge in [-0.25, -0.2) is 0 Å². The summed E-state index contributed by atoms with van der Waals surface area (Å²) >= 11 is 0. The molecule has 0 bridgehead atoms. The van der Waals surface area contributed by atoms with Crippen molar-refractivity contribution in [1.29, 1.82) is 5.26 Å². The summed E-state index contributed by atoms with van der Waals surface area (Å²) in [5.41, 5.74) is 5.30. The maximum atomic E-state index is 8.82. The first kappa shape index (κ1) is 5.63. The van der Waals surface area contributed by atoms with E-state index in [2.05, 4.69) is 4.99 Å². The van der Waals surface area contributed by atoms with E-state index in [9.17, 15) is 0 Å². The average molecular weight is 123 g/mol. The second-order valence-electron chi connectivity index (χ2n) is 1.63. The van der Waals surface area contributed by atoms with Gasteiger partial charge in [-0.1, -0.05) is 0 Å². The van der Waals surface area contributed by atoms with Crippen LogP contribution >= 0.6 is 0 Å². The van der Waals surface area contributed by atoms with Gasteiger partial charge >= 0.3 is 0 Å². The van der Waals surface area contributed by atoms with Crippen LogP contribution in [0.25, 0.3) is 0 Å². The smallest absolute Gasteiger partial charge is 0.140 e. The molecule has 9 heavy (non-hydrogen) atoms. The van der Waals surface area contributed by atoms with Crippen molar-refractivity contribution >= 4 is 5.84 Å². The Kier molecular flexibility index (Phi) is 1.12. The first-order chi connectivity index (χ1) is 4.25. The molecule has 0 atom stereocenters. The van der Waals surface area contributed by atoms with Crippen molar-refractivity contribution < 1.29 is 5.11 Å². The Hall–Kier alpha value is -1.50. The summed E-state index contributed by atoms with van der Waals surface area (Å²) in [5.74, 6) is 0.102. The molecule has 0 aliphatic carbocycles.